The zero-order valence-electron chi connectivity index (χ0n) is 5.99. The summed E-state index contributed by atoms with van der Waals surface area (Å²) in [6.45, 7) is 0. The number of aliphatic carboxylic acids is 1. The second kappa shape index (κ2) is 4.43. The third kappa shape index (κ3) is 5.07. The molecule has 5 nitrogen and oxygen atoms in total. The van der Waals surface area contributed by atoms with Gasteiger partial charge in [0.2, 0.25) is 0 Å². The van der Waals surface area contributed by atoms with Crippen LogP contribution in [0.1, 0.15) is 12.8 Å². The van der Waals surface area contributed by atoms with Crippen molar-refractivity contribution in [3.05, 3.63) is 0 Å². The summed E-state index contributed by atoms with van der Waals surface area (Å²) in [4.78, 5) is 30.8. The molecule has 5 heteroatoms. The molecule has 0 aromatic rings. The molecule has 0 aliphatic carbocycles. The quantitative estimate of drug-likeness (QED) is 0.446. The molecule has 0 amide bonds. The molecule has 0 fully saturated rings. The van der Waals surface area contributed by atoms with Gasteiger partial charge in [0.25, 0.3) is 0 Å². The van der Waals surface area contributed by atoms with Crippen molar-refractivity contribution >= 4 is 17.7 Å². The van der Waals surface area contributed by atoms with Crippen LogP contribution in [0.15, 0.2) is 0 Å². The zero-order valence-corrected chi connectivity index (χ0v) is 5.99. The van der Waals surface area contributed by atoms with Crippen molar-refractivity contribution in [2.75, 3.05) is 7.11 Å². The summed E-state index contributed by atoms with van der Waals surface area (Å²) < 4.78 is 4.15. The first-order valence-electron chi connectivity index (χ1n) is 2.86. The lowest BCUT2D eigenvalue weighted by Gasteiger charge is -1.94. The minimum absolute atomic E-state index is 0.469. The standard InChI is InChI=1S/C6H8O5/c1-11-6(10)3-4(7)2-5(8)9/h2-3H2,1H3,(H,8,9). The van der Waals surface area contributed by atoms with Crippen LogP contribution >= 0.6 is 0 Å². The Morgan fingerprint density at radius 3 is 2.18 bits per heavy atom. The van der Waals surface area contributed by atoms with Crippen molar-refractivity contribution in [1.29, 1.82) is 0 Å². The zero-order chi connectivity index (χ0) is 8.85. The van der Waals surface area contributed by atoms with Crippen LogP contribution in [0.3, 0.4) is 0 Å². The van der Waals surface area contributed by atoms with Gasteiger partial charge >= 0.3 is 11.9 Å². The fourth-order valence-electron chi connectivity index (χ4n) is 0.464. The molecule has 0 heterocycles. The molecule has 11 heavy (non-hydrogen) atoms. The molecule has 0 aliphatic heterocycles. The summed E-state index contributed by atoms with van der Waals surface area (Å²) >= 11 is 0. The van der Waals surface area contributed by atoms with E-state index < -0.39 is 30.6 Å². The lowest BCUT2D eigenvalue weighted by Crippen LogP contribution is -2.12. The van der Waals surface area contributed by atoms with Gasteiger partial charge in [-0.3, -0.25) is 14.4 Å². The minimum Gasteiger partial charge on any atom is -0.481 e. The fraction of sp³-hybridized carbons (Fsp3) is 0.500. The first-order valence-corrected chi connectivity index (χ1v) is 2.86. The Hall–Kier alpha value is -1.39. The van der Waals surface area contributed by atoms with E-state index in [2.05, 4.69) is 4.74 Å². The maximum absolute atomic E-state index is 10.5. The Labute approximate surface area is 63.0 Å². The monoisotopic (exact) mass is 160 g/mol. The molecule has 0 aliphatic rings. The van der Waals surface area contributed by atoms with Gasteiger partial charge in [-0.15, -0.1) is 0 Å². The van der Waals surface area contributed by atoms with Gasteiger partial charge in [-0.2, -0.15) is 0 Å². The second-order valence-electron chi connectivity index (χ2n) is 1.86. The van der Waals surface area contributed by atoms with Crippen molar-refractivity contribution in [3.8, 4) is 0 Å². The number of methoxy groups -OCH3 is 1. The third-order valence-electron chi connectivity index (χ3n) is 0.918. The number of hydrogen-bond acceptors (Lipinski definition) is 4. The van der Waals surface area contributed by atoms with Crippen molar-refractivity contribution < 1.29 is 24.2 Å². The number of ether oxygens (including phenoxy) is 1. The highest BCUT2D eigenvalue weighted by Crippen LogP contribution is 1.91. The number of esters is 1. The number of Topliss-reactive ketones (excluding diaryl/α,β-unsaturated/α-hetero) is 1. The summed E-state index contributed by atoms with van der Waals surface area (Å²) in [5.74, 6) is -2.60. The summed E-state index contributed by atoms with van der Waals surface area (Å²) in [6.07, 6.45) is -1.10. The van der Waals surface area contributed by atoms with Crippen LogP contribution in [0.4, 0.5) is 0 Å². The average molecular weight is 160 g/mol. The SMILES string of the molecule is COC(=O)CC(=O)CC(=O)O. The summed E-state index contributed by atoms with van der Waals surface area (Å²) in [7, 11) is 1.14. The summed E-state index contributed by atoms with van der Waals surface area (Å²) in [5, 5.41) is 8.10. The molecule has 0 radical (unpaired) electrons. The van der Waals surface area contributed by atoms with E-state index in [1.165, 1.54) is 0 Å². The summed E-state index contributed by atoms with van der Waals surface area (Å²) in [5.41, 5.74) is 0. The van der Waals surface area contributed by atoms with Crippen molar-refractivity contribution in [2.45, 2.75) is 12.8 Å². The molecular formula is C6H8O5. The molecule has 0 saturated carbocycles. The highest BCUT2D eigenvalue weighted by atomic mass is 16.5. The van der Waals surface area contributed by atoms with Gasteiger partial charge in [-0.05, 0) is 0 Å². The molecule has 1 N–H and O–H groups in total. The van der Waals surface area contributed by atoms with E-state index in [-0.39, 0.29) is 0 Å². The van der Waals surface area contributed by atoms with E-state index in [0.717, 1.165) is 7.11 Å². The Kier molecular flexibility index (Phi) is 3.87. The van der Waals surface area contributed by atoms with Gasteiger partial charge in [-0.1, -0.05) is 0 Å². The smallest absolute Gasteiger partial charge is 0.313 e. The van der Waals surface area contributed by atoms with E-state index in [4.69, 9.17) is 5.11 Å². The largest absolute Gasteiger partial charge is 0.481 e. The lowest BCUT2D eigenvalue weighted by molar-refractivity contribution is -0.145. The second-order valence-corrected chi connectivity index (χ2v) is 1.86. The van der Waals surface area contributed by atoms with Gasteiger partial charge in [0, 0.05) is 0 Å². The predicted octanol–water partition coefficient (Wildman–Crippen LogP) is -0.407. The molecule has 0 aromatic heterocycles. The molecule has 0 aromatic carbocycles. The van der Waals surface area contributed by atoms with Gasteiger partial charge in [0.1, 0.15) is 12.8 Å². The van der Waals surface area contributed by atoms with Crippen LogP contribution in [0.25, 0.3) is 0 Å². The van der Waals surface area contributed by atoms with E-state index in [1.807, 2.05) is 0 Å². The first kappa shape index (κ1) is 9.61. The maximum Gasteiger partial charge on any atom is 0.313 e. The van der Waals surface area contributed by atoms with Crippen LogP contribution in [0, 0.1) is 0 Å². The molecule has 0 saturated heterocycles. The number of carbonyl (C=O) groups excluding carboxylic acids is 2. The predicted molar refractivity (Wildman–Crippen MR) is 33.9 cm³/mol. The lowest BCUT2D eigenvalue weighted by atomic mass is 10.2. The number of rotatable bonds is 4. The van der Waals surface area contributed by atoms with Gasteiger partial charge < -0.3 is 9.84 Å². The molecule has 0 unspecified atom stereocenters. The molecule has 0 spiro atoms. The van der Waals surface area contributed by atoms with Crippen molar-refractivity contribution in [2.24, 2.45) is 0 Å². The van der Waals surface area contributed by atoms with E-state index in [0.29, 0.717) is 0 Å². The first-order chi connectivity index (χ1) is 5.06. The van der Waals surface area contributed by atoms with E-state index in [1.54, 1.807) is 0 Å². The van der Waals surface area contributed by atoms with Gasteiger partial charge in [0.15, 0.2) is 5.78 Å². The average Bonchev–Trinajstić information content (AvgIpc) is 1.85. The van der Waals surface area contributed by atoms with E-state index in [9.17, 15) is 14.4 Å². The van der Waals surface area contributed by atoms with Crippen molar-refractivity contribution in [3.63, 3.8) is 0 Å². The summed E-state index contributed by atoms with van der Waals surface area (Å²) in [6, 6.07) is 0. The Morgan fingerprint density at radius 2 is 1.82 bits per heavy atom. The normalized spacial score (nSPS) is 8.82. The van der Waals surface area contributed by atoms with Gasteiger partial charge in [-0.25, -0.2) is 0 Å². The highest BCUT2D eigenvalue weighted by Gasteiger charge is 2.12. The number of carboxylic acid groups (broad SMARTS) is 1. The molecule has 0 rings (SSSR count). The van der Waals surface area contributed by atoms with Crippen LogP contribution in [0.2, 0.25) is 0 Å². The van der Waals surface area contributed by atoms with Gasteiger partial charge in [0.05, 0.1) is 7.11 Å². The Balaban J connectivity index is 3.70. The highest BCUT2D eigenvalue weighted by molar-refractivity contribution is 6.03. The molecular weight excluding hydrogens is 152 g/mol. The number of carbonyl (C=O) groups is 3. The third-order valence-corrected chi connectivity index (χ3v) is 0.918. The van der Waals surface area contributed by atoms with E-state index >= 15 is 0 Å². The van der Waals surface area contributed by atoms with Crippen LogP contribution in [-0.4, -0.2) is 29.9 Å². The molecule has 0 atom stereocenters. The number of ketones is 1. The number of carboxylic acids is 1. The van der Waals surface area contributed by atoms with Crippen LogP contribution in [0.5, 0.6) is 0 Å². The maximum atomic E-state index is 10.5. The van der Waals surface area contributed by atoms with Crippen molar-refractivity contribution in [1.82, 2.24) is 0 Å². The topological polar surface area (TPSA) is 80.7 Å². The Bertz CT molecular complexity index is 183. The molecule has 0 bridgehead atoms. The minimum atomic E-state index is -1.24. The number of hydrogen-bond donors (Lipinski definition) is 1. The van der Waals surface area contributed by atoms with Crippen LogP contribution < -0.4 is 0 Å². The molecule has 62 valence electrons. The Morgan fingerprint density at radius 1 is 1.27 bits per heavy atom. The fourth-order valence-corrected chi connectivity index (χ4v) is 0.464. The van der Waals surface area contributed by atoms with Crippen LogP contribution in [-0.2, 0) is 19.1 Å².